The molecule has 5 nitrogen and oxygen atoms in total. The van der Waals surface area contributed by atoms with E-state index in [9.17, 15) is 5.11 Å². The Hall–Kier alpha value is -2.51. The minimum Gasteiger partial charge on any atom is -0.491 e. The van der Waals surface area contributed by atoms with Crippen molar-refractivity contribution in [2.24, 2.45) is 0 Å². The van der Waals surface area contributed by atoms with E-state index in [0.29, 0.717) is 19.2 Å². The lowest BCUT2D eigenvalue weighted by molar-refractivity contribution is 0.0381. The van der Waals surface area contributed by atoms with E-state index in [4.69, 9.17) is 4.74 Å². The minimum absolute atomic E-state index is 0.294. The molecule has 0 amide bonds. The Labute approximate surface area is 199 Å². The first-order valence-corrected chi connectivity index (χ1v) is 12.5. The summed E-state index contributed by atoms with van der Waals surface area (Å²) in [5.74, 6) is 0.765. The molecular weight excluding hydrogens is 430 g/mol. The van der Waals surface area contributed by atoms with E-state index in [1.165, 1.54) is 16.3 Å². The van der Waals surface area contributed by atoms with Crippen molar-refractivity contribution in [3.05, 3.63) is 71.2 Å². The molecule has 0 saturated carbocycles. The van der Waals surface area contributed by atoms with Crippen LogP contribution in [-0.4, -0.2) is 65.3 Å². The molecule has 1 saturated heterocycles. The minimum atomic E-state index is -0.512. The summed E-state index contributed by atoms with van der Waals surface area (Å²) in [7, 11) is 0. The van der Waals surface area contributed by atoms with Gasteiger partial charge < -0.3 is 9.84 Å². The number of aliphatic hydroxyl groups is 1. The Morgan fingerprint density at radius 2 is 1.79 bits per heavy atom. The number of nitrogens with zero attached hydrogens (tertiary/aromatic N) is 3. The summed E-state index contributed by atoms with van der Waals surface area (Å²) in [4.78, 5) is 9.39. The molecule has 2 heterocycles. The van der Waals surface area contributed by atoms with E-state index in [1.807, 2.05) is 25.1 Å². The number of aliphatic hydroxyl groups excluding tert-OH is 1. The number of piperazine rings is 1. The molecular formula is C27H31N3O2S. The van der Waals surface area contributed by atoms with Crippen molar-refractivity contribution in [1.82, 2.24) is 14.8 Å². The van der Waals surface area contributed by atoms with Crippen LogP contribution in [0.3, 0.4) is 0 Å². The molecule has 0 unspecified atom stereocenters. The van der Waals surface area contributed by atoms with Gasteiger partial charge in [0.1, 0.15) is 18.5 Å². The zero-order chi connectivity index (χ0) is 22.8. The fourth-order valence-electron chi connectivity index (χ4n) is 4.67. The summed E-state index contributed by atoms with van der Waals surface area (Å²) in [5, 5.41) is 14.2. The van der Waals surface area contributed by atoms with Gasteiger partial charge in [-0.05, 0) is 48.4 Å². The van der Waals surface area contributed by atoms with Crippen molar-refractivity contribution >= 4 is 32.3 Å². The normalized spacial score (nSPS) is 17.4. The number of hydrogen-bond donors (Lipinski definition) is 1. The monoisotopic (exact) mass is 461 g/mol. The van der Waals surface area contributed by atoms with Crippen LogP contribution in [0.5, 0.6) is 5.75 Å². The van der Waals surface area contributed by atoms with Gasteiger partial charge in [-0.3, -0.25) is 9.80 Å². The molecule has 5 rings (SSSR count). The van der Waals surface area contributed by atoms with Crippen LogP contribution in [0.1, 0.15) is 23.5 Å². The van der Waals surface area contributed by atoms with Crippen LogP contribution in [0.2, 0.25) is 0 Å². The smallest absolute Gasteiger partial charge is 0.121 e. The van der Waals surface area contributed by atoms with Gasteiger partial charge in [0.15, 0.2) is 0 Å². The summed E-state index contributed by atoms with van der Waals surface area (Å²) >= 11 is 1.68. The molecule has 1 N–H and O–H groups in total. The fourth-order valence-corrected chi connectivity index (χ4v) is 5.47. The third kappa shape index (κ3) is 5.20. The number of benzene rings is 3. The van der Waals surface area contributed by atoms with Gasteiger partial charge in [-0.2, -0.15) is 0 Å². The Morgan fingerprint density at radius 1 is 1.00 bits per heavy atom. The third-order valence-electron chi connectivity index (χ3n) is 6.59. The van der Waals surface area contributed by atoms with Crippen LogP contribution in [-0.2, 0) is 0 Å². The first-order valence-electron chi connectivity index (χ1n) is 11.7. The Balaban J connectivity index is 1.10. The molecule has 4 aromatic rings. The third-order valence-corrected chi connectivity index (χ3v) is 7.54. The second-order valence-electron chi connectivity index (χ2n) is 8.95. The van der Waals surface area contributed by atoms with E-state index in [0.717, 1.165) is 47.2 Å². The quantitative estimate of drug-likeness (QED) is 0.425. The zero-order valence-electron chi connectivity index (χ0n) is 19.3. The molecule has 172 valence electrons. The SMILES string of the molecule is Cc1nc2cc(OC[C@H](O)CN3CCN([C@@H](C)c4ccc5ccccc5c4)CC3)ccc2s1. The average Bonchev–Trinajstić information content (AvgIpc) is 3.21. The van der Waals surface area contributed by atoms with E-state index < -0.39 is 6.10 Å². The molecule has 0 radical (unpaired) electrons. The fraction of sp³-hybridized carbons (Fsp3) is 0.370. The lowest BCUT2D eigenvalue weighted by Crippen LogP contribution is -2.49. The predicted molar refractivity (Wildman–Crippen MR) is 136 cm³/mol. The Bertz CT molecular complexity index is 1230. The summed E-state index contributed by atoms with van der Waals surface area (Å²) in [6.45, 7) is 9.15. The first-order chi connectivity index (χ1) is 16.0. The summed E-state index contributed by atoms with van der Waals surface area (Å²) < 4.78 is 7.02. The molecule has 2 atom stereocenters. The maximum absolute atomic E-state index is 10.5. The number of fused-ring (bicyclic) bond motifs is 2. The van der Waals surface area contributed by atoms with Gasteiger partial charge in [-0.25, -0.2) is 4.98 Å². The molecule has 1 aliphatic heterocycles. The highest BCUT2D eigenvalue weighted by molar-refractivity contribution is 7.18. The second-order valence-corrected chi connectivity index (χ2v) is 10.2. The number of aryl methyl sites for hydroxylation is 1. The van der Waals surface area contributed by atoms with Gasteiger partial charge in [-0.1, -0.05) is 36.4 Å². The number of thiazole rings is 1. The number of hydrogen-bond acceptors (Lipinski definition) is 6. The zero-order valence-corrected chi connectivity index (χ0v) is 20.1. The van der Waals surface area contributed by atoms with Crippen molar-refractivity contribution in [1.29, 1.82) is 0 Å². The highest BCUT2D eigenvalue weighted by atomic mass is 32.1. The van der Waals surface area contributed by atoms with Crippen LogP contribution in [0.4, 0.5) is 0 Å². The van der Waals surface area contributed by atoms with E-state index >= 15 is 0 Å². The molecule has 1 aromatic heterocycles. The Kier molecular flexibility index (Phi) is 6.60. The predicted octanol–water partition coefficient (Wildman–Crippen LogP) is 4.88. The van der Waals surface area contributed by atoms with Crippen molar-refractivity contribution in [2.45, 2.75) is 26.0 Å². The standard InChI is InChI=1S/C27H31N3O2S/c1-19(22-8-7-21-5-3-4-6-23(21)15-22)30-13-11-29(12-14-30)17-24(31)18-32-25-9-10-27-26(16-25)28-20(2)33-27/h3-10,15-16,19,24,31H,11-14,17-18H2,1-2H3/t19-,24+/m0/s1. The highest BCUT2D eigenvalue weighted by Gasteiger charge is 2.23. The molecule has 0 spiro atoms. The van der Waals surface area contributed by atoms with Crippen molar-refractivity contribution in [2.75, 3.05) is 39.3 Å². The topological polar surface area (TPSA) is 48.8 Å². The van der Waals surface area contributed by atoms with Gasteiger partial charge >= 0.3 is 0 Å². The lowest BCUT2D eigenvalue weighted by atomic mass is 10.0. The van der Waals surface area contributed by atoms with Crippen LogP contribution in [0, 0.1) is 6.92 Å². The lowest BCUT2D eigenvalue weighted by Gasteiger charge is -2.38. The summed E-state index contributed by atoms with van der Waals surface area (Å²) in [5.41, 5.74) is 2.32. The first kappa shape index (κ1) is 22.3. The van der Waals surface area contributed by atoms with Crippen LogP contribution >= 0.6 is 11.3 Å². The summed E-state index contributed by atoms with van der Waals surface area (Å²) in [6, 6.07) is 21.7. The maximum atomic E-state index is 10.5. The van der Waals surface area contributed by atoms with Gasteiger partial charge in [0.05, 0.1) is 15.2 Å². The molecule has 1 aliphatic rings. The van der Waals surface area contributed by atoms with Crippen molar-refractivity contribution in [3.63, 3.8) is 0 Å². The van der Waals surface area contributed by atoms with Crippen LogP contribution in [0.15, 0.2) is 60.7 Å². The highest BCUT2D eigenvalue weighted by Crippen LogP contribution is 2.27. The van der Waals surface area contributed by atoms with Crippen molar-refractivity contribution in [3.8, 4) is 5.75 Å². The molecule has 1 fully saturated rings. The van der Waals surface area contributed by atoms with Crippen molar-refractivity contribution < 1.29 is 9.84 Å². The summed E-state index contributed by atoms with van der Waals surface area (Å²) in [6.07, 6.45) is -0.512. The molecule has 3 aromatic carbocycles. The molecule has 0 bridgehead atoms. The molecule has 0 aliphatic carbocycles. The second kappa shape index (κ2) is 9.77. The number of aromatic nitrogens is 1. The molecule has 6 heteroatoms. The van der Waals surface area contributed by atoms with E-state index in [1.54, 1.807) is 11.3 Å². The largest absolute Gasteiger partial charge is 0.491 e. The van der Waals surface area contributed by atoms with E-state index in [2.05, 4.69) is 64.2 Å². The number of β-amino-alcohol motifs (C(OH)–C–C–N with tert-alkyl or cyclic N) is 1. The molecule has 33 heavy (non-hydrogen) atoms. The van der Waals surface area contributed by atoms with E-state index in [-0.39, 0.29) is 0 Å². The average molecular weight is 462 g/mol. The van der Waals surface area contributed by atoms with Gasteiger partial charge in [-0.15, -0.1) is 11.3 Å². The Morgan fingerprint density at radius 3 is 2.61 bits per heavy atom. The van der Waals surface area contributed by atoms with Gasteiger partial charge in [0.2, 0.25) is 0 Å². The van der Waals surface area contributed by atoms with Crippen LogP contribution < -0.4 is 4.74 Å². The van der Waals surface area contributed by atoms with Crippen LogP contribution in [0.25, 0.3) is 21.0 Å². The number of rotatable bonds is 7. The van der Waals surface area contributed by atoms with Gasteiger partial charge in [0.25, 0.3) is 0 Å². The van der Waals surface area contributed by atoms with Gasteiger partial charge in [0, 0.05) is 44.8 Å². The number of ether oxygens (including phenoxy) is 1. The maximum Gasteiger partial charge on any atom is 0.121 e.